The molecule has 0 aromatic carbocycles. The molecule has 6 nitrogen and oxygen atoms in total. The van der Waals surface area contributed by atoms with Gasteiger partial charge in [0.25, 0.3) is 0 Å². The minimum atomic E-state index is 0.406. The van der Waals surface area contributed by atoms with Crippen LogP contribution in [0.25, 0.3) is 17.0 Å². The van der Waals surface area contributed by atoms with Gasteiger partial charge in [0, 0.05) is 30.6 Å². The van der Waals surface area contributed by atoms with Crippen molar-refractivity contribution in [1.29, 1.82) is 0 Å². The minimum absolute atomic E-state index is 0.406. The van der Waals surface area contributed by atoms with Crippen LogP contribution in [-0.4, -0.2) is 24.6 Å². The van der Waals surface area contributed by atoms with Crippen molar-refractivity contribution in [3.05, 3.63) is 42.6 Å². The summed E-state index contributed by atoms with van der Waals surface area (Å²) < 4.78 is 1.83. The number of hydrogen-bond acceptors (Lipinski definition) is 5. The molecule has 3 heterocycles. The SMILES string of the molecule is NCc1cc(-c2nnc3ccncn23)ccn1. The second-order valence-corrected chi connectivity index (χ2v) is 3.57. The summed E-state index contributed by atoms with van der Waals surface area (Å²) >= 11 is 0. The van der Waals surface area contributed by atoms with E-state index in [1.807, 2.05) is 22.6 Å². The maximum Gasteiger partial charge on any atom is 0.169 e. The molecule has 0 aliphatic heterocycles. The number of nitrogens with zero attached hydrogens (tertiary/aromatic N) is 5. The van der Waals surface area contributed by atoms with Crippen LogP contribution in [0.5, 0.6) is 0 Å². The highest BCUT2D eigenvalue weighted by molar-refractivity contribution is 5.58. The van der Waals surface area contributed by atoms with Crippen LogP contribution in [0, 0.1) is 0 Å². The molecular weight excluding hydrogens is 216 g/mol. The van der Waals surface area contributed by atoms with Gasteiger partial charge in [-0.1, -0.05) is 0 Å². The number of hydrogen-bond donors (Lipinski definition) is 1. The molecule has 17 heavy (non-hydrogen) atoms. The van der Waals surface area contributed by atoms with Gasteiger partial charge >= 0.3 is 0 Å². The lowest BCUT2D eigenvalue weighted by Gasteiger charge is -2.01. The summed E-state index contributed by atoms with van der Waals surface area (Å²) in [6.45, 7) is 0.406. The molecule has 0 amide bonds. The van der Waals surface area contributed by atoms with E-state index in [0.717, 1.165) is 22.7 Å². The molecule has 0 spiro atoms. The Morgan fingerprint density at radius 1 is 1.18 bits per heavy atom. The van der Waals surface area contributed by atoms with Crippen LogP contribution >= 0.6 is 0 Å². The Hall–Kier alpha value is -2.34. The zero-order valence-electron chi connectivity index (χ0n) is 8.98. The van der Waals surface area contributed by atoms with Crippen molar-refractivity contribution < 1.29 is 0 Å². The molecule has 6 heteroatoms. The van der Waals surface area contributed by atoms with Gasteiger partial charge < -0.3 is 5.73 Å². The van der Waals surface area contributed by atoms with E-state index < -0.39 is 0 Å². The van der Waals surface area contributed by atoms with E-state index in [1.165, 1.54) is 0 Å². The quantitative estimate of drug-likeness (QED) is 0.693. The van der Waals surface area contributed by atoms with Crippen molar-refractivity contribution in [2.75, 3.05) is 0 Å². The van der Waals surface area contributed by atoms with Crippen LogP contribution in [0.2, 0.25) is 0 Å². The number of pyridine rings is 1. The van der Waals surface area contributed by atoms with E-state index in [0.29, 0.717) is 6.54 Å². The molecule has 0 bridgehead atoms. The van der Waals surface area contributed by atoms with Gasteiger partial charge in [0.1, 0.15) is 6.33 Å². The van der Waals surface area contributed by atoms with Crippen molar-refractivity contribution in [2.24, 2.45) is 5.73 Å². The van der Waals surface area contributed by atoms with E-state index in [2.05, 4.69) is 20.2 Å². The highest BCUT2D eigenvalue weighted by atomic mass is 15.3. The van der Waals surface area contributed by atoms with Crippen molar-refractivity contribution in [3.8, 4) is 11.4 Å². The van der Waals surface area contributed by atoms with E-state index in [-0.39, 0.29) is 0 Å². The number of rotatable bonds is 2. The first-order chi connectivity index (χ1) is 8.38. The predicted octanol–water partition coefficient (Wildman–Crippen LogP) is 0.645. The molecule has 0 aliphatic carbocycles. The monoisotopic (exact) mass is 226 g/mol. The molecule has 3 rings (SSSR count). The van der Waals surface area contributed by atoms with Crippen LogP contribution in [0.15, 0.2) is 36.9 Å². The number of aromatic nitrogens is 5. The third-order valence-electron chi connectivity index (χ3n) is 2.50. The van der Waals surface area contributed by atoms with Gasteiger partial charge in [-0.25, -0.2) is 4.98 Å². The number of fused-ring (bicyclic) bond motifs is 1. The topological polar surface area (TPSA) is 82.0 Å². The lowest BCUT2D eigenvalue weighted by atomic mass is 10.2. The molecule has 2 N–H and O–H groups in total. The van der Waals surface area contributed by atoms with Gasteiger partial charge in [-0.3, -0.25) is 9.38 Å². The van der Waals surface area contributed by atoms with Crippen LogP contribution in [0.4, 0.5) is 0 Å². The van der Waals surface area contributed by atoms with Crippen LogP contribution in [0.3, 0.4) is 0 Å². The second kappa shape index (κ2) is 3.91. The fraction of sp³-hybridized carbons (Fsp3) is 0.0909. The molecular formula is C11H10N6. The van der Waals surface area contributed by atoms with Gasteiger partial charge in [-0.05, 0) is 12.1 Å². The Morgan fingerprint density at radius 3 is 3.00 bits per heavy atom. The smallest absolute Gasteiger partial charge is 0.169 e. The third kappa shape index (κ3) is 1.64. The molecule has 0 aliphatic rings. The molecule has 0 saturated heterocycles. The average Bonchev–Trinajstić information content (AvgIpc) is 2.82. The molecule has 84 valence electrons. The fourth-order valence-corrected chi connectivity index (χ4v) is 1.67. The Kier molecular flexibility index (Phi) is 2.27. The van der Waals surface area contributed by atoms with Gasteiger partial charge in [0.05, 0.1) is 5.69 Å². The molecule has 0 radical (unpaired) electrons. The number of nitrogens with two attached hydrogens (primary N) is 1. The maximum atomic E-state index is 5.57. The zero-order chi connectivity index (χ0) is 11.7. The zero-order valence-corrected chi connectivity index (χ0v) is 8.98. The highest BCUT2D eigenvalue weighted by Crippen LogP contribution is 2.17. The second-order valence-electron chi connectivity index (χ2n) is 3.57. The van der Waals surface area contributed by atoms with Gasteiger partial charge in [-0.15, -0.1) is 10.2 Å². The lowest BCUT2D eigenvalue weighted by Crippen LogP contribution is -2.00. The summed E-state index contributed by atoms with van der Waals surface area (Å²) in [6.07, 6.45) is 5.09. The molecule has 3 aromatic heterocycles. The van der Waals surface area contributed by atoms with Crippen molar-refractivity contribution in [2.45, 2.75) is 6.54 Å². The van der Waals surface area contributed by atoms with E-state index in [9.17, 15) is 0 Å². The first-order valence-electron chi connectivity index (χ1n) is 5.18. The largest absolute Gasteiger partial charge is 0.325 e. The summed E-state index contributed by atoms with van der Waals surface area (Å²) in [4.78, 5) is 8.21. The first-order valence-corrected chi connectivity index (χ1v) is 5.18. The Balaban J connectivity index is 2.20. The maximum absolute atomic E-state index is 5.57. The summed E-state index contributed by atoms with van der Waals surface area (Å²) in [5, 5.41) is 8.22. The van der Waals surface area contributed by atoms with Crippen molar-refractivity contribution in [3.63, 3.8) is 0 Å². The third-order valence-corrected chi connectivity index (χ3v) is 2.50. The average molecular weight is 226 g/mol. The summed E-state index contributed by atoms with van der Waals surface area (Å²) in [5.41, 5.74) is 8.09. The summed E-state index contributed by atoms with van der Waals surface area (Å²) in [7, 11) is 0. The predicted molar refractivity (Wildman–Crippen MR) is 61.9 cm³/mol. The first kappa shape index (κ1) is 9.86. The molecule has 0 unspecified atom stereocenters. The van der Waals surface area contributed by atoms with Crippen molar-refractivity contribution in [1.82, 2.24) is 24.6 Å². The molecule has 0 fully saturated rings. The Morgan fingerprint density at radius 2 is 2.12 bits per heavy atom. The van der Waals surface area contributed by atoms with Crippen LogP contribution < -0.4 is 5.73 Å². The van der Waals surface area contributed by atoms with E-state index in [1.54, 1.807) is 18.7 Å². The Bertz CT molecular complexity index is 660. The standard InChI is InChI=1S/C11H10N6/c12-6-9-5-8(1-4-14-9)11-16-15-10-2-3-13-7-17(10)11/h1-5,7H,6,12H2. The minimum Gasteiger partial charge on any atom is -0.325 e. The lowest BCUT2D eigenvalue weighted by molar-refractivity contribution is 0.986. The molecule has 0 saturated carbocycles. The summed E-state index contributed by atoms with van der Waals surface area (Å²) in [6, 6.07) is 5.59. The van der Waals surface area contributed by atoms with Gasteiger partial charge in [0.15, 0.2) is 11.5 Å². The highest BCUT2D eigenvalue weighted by Gasteiger charge is 2.08. The van der Waals surface area contributed by atoms with Gasteiger partial charge in [-0.2, -0.15) is 0 Å². The molecule has 0 atom stereocenters. The van der Waals surface area contributed by atoms with Crippen molar-refractivity contribution >= 4 is 5.65 Å². The molecule has 3 aromatic rings. The fourth-order valence-electron chi connectivity index (χ4n) is 1.67. The Labute approximate surface area is 97.2 Å². The van der Waals surface area contributed by atoms with Crippen LogP contribution in [-0.2, 0) is 6.54 Å². The normalized spacial score (nSPS) is 10.9. The van der Waals surface area contributed by atoms with Gasteiger partial charge in [0.2, 0.25) is 0 Å². The van der Waals surface area contributed by atoms with E-state index >= 15 is 0 Å². The van der Waals surface area contributed by atoms with E-state index in [4.69, 9.17) is 5.73 Å². The summed E-state index contributed by atoms with van der Waals surface area (Å²) in [5.74, 6) is 0.741. The van der Waals surface area contributed by atoms with Crippen LogP contribution in [0.1, 0.15) is 5.69 Å².